The summed E-state index contributed by atoms with van der Waals surface area (Å²) in [5.74, 6) is -1.71. The molecule has 0 spiro atoms. The van der Waals surface area contributed by atoms with Crippen LogP contribution in [-0.2, 0) is 7.05 Å². The lowest BCUT2D eigenvalue weighted by Gasteiger charge is -2.09. The van der Waals surface area contributed by atoms with Gasteiger partial charge in [0.1, 0.15) is 22.9 Å². The molecule has 3 aromatic rings. The first-order chi connectivity index (χ1) is 12.3. The molecule has 0 aliphatic carbocycles. The molecular formula is C18H14ClF2N3O2. The van der Waals surface area contributed by atoms with Gasteiger partial charge >= 0.3 is 0 Å². The zero-order valence-electron chi connectivity index (χ0n) is 13.9. The van der Waals surface area contributed by atoms with Crippen molar-refractivity contribution in [1.29, 1.82) is 0 Å². The number of aromatic nitrogens is 2. The highest BCUT2D eigenvalue weighted by atomic mass is 35.5. The van der Waals surface area contributed by atoms with Crippen LogP contribution in [0, 0.1) is 18.6 Å². The molecule has 0 radical (unpaired) electrons. The Hall–Kier alpha value is -2.93. The number of benzene rings is 2. The van der Waals surface area contributed by atoms with Crippen LogP contribution in [0.5, 0.6) is 11.6 Å². The van der Waals surface area contributed by atoms with Crippen LogP contribution in [-0.4, -0.2) is 15.7 Å². The molecule has 3 rings (SSSR count). The number of nitrogens with zero attached hydrogens (tertiary/aromatic N) is 2. The molecular weight excluding hydrogens is 364 g/mol. The van der Waals surface area contributed by atoms with E-state index in [-0.39, 0.29) is 17.1 Å². The Morgan fingerprint density at radius 1 is 1.23 bits per heavy atom. The topological polar surface area (TPSA) is 56.2 Å². The fraction of sp³-hybridized carbons (Fsp3) is 0.111. The molecule has 0 unspecified atom stereocenters. The number of ether oxygens (including phenoxy) is 1. The van der Waals surface area contributed by atoms with Crippen LogP contribution in [0.1, 0.15) is 15.9 Å². The maximum absolute atomic E-state index is 13.8. The number of nitrogens with one attached hydrogen (secondary N) is 1. The first kappa shape index (κ1) is 17.9. The Bertz CT molecular complexity index is 989. The average molecular weight is 378 g/mol. The van der Waals surface area contributed by atoms with Crippen molar-refractivity contribution in [3.05, 3.63) is 70.4 Å². The number of halogens is 3. The van der Waals surface area contributed by atoms with E-state index in [0.717, 1.165) is 17.7 Å². The van der Waals surface area contributed by atoms with Crippen molar-refractivity contribution >= 4 is 23.2 Å². The third-order valence-corrected chi connectivity index (χ3v) is 3.80. The molecule has 2 aromatic carbocycles. The summed E-state index contributed by atoms with van der Waals surface area (Å²) in [5, 5.41) is 7.05. The van der Waals surface area contributed by atoms with E-state index >= 15 is 0 Å². The summed E-state index contributed by atoms with van der Waals surface area (Å²) in [6, 6.07) is 7.91. The van der Waals surface area contributed by atoms with E-state index in [4.69, 9.17) is 16.3 Å². The minimum Gasteiger partial charge on any atom is -0.437 e. The molecule has 1 N–H and O–H groups in total. The molecule has 0 atom stereocenters. The van der Waals surface area contributed by atoms with Gasteiger partial charge in [0.15, 0.2) is 0 Å². The normalized spacial score (nSPS) is 10.7. The molecule has 0 fully saturated rings. The highest BCUT2D eigenvalue weighted by molar-refractivity contribution is 6.30. The standard InChI is InChI=1S/C18H14ClF2N3O2/c1-10-7-11(19)3-6-16(10)26-18-13(9-24(2)23-18)17(25)22-15-5-4-12(20)8-14(15)21/h3-9H,1-2H3,(H,22,25). The van der Waals surface area contributed by atoms with E-state index in [1.54, 1.807) is 32.2 Å². The van der Waals surface area contributed by atoms with E-state index in [1.165, 1.54) is 10.9 Å². The molecule has 8 heteroatoms. The molecule has 0 aliphatic rings. The fourth-order valence-corrected chi connectivity index (χ4v) is 2.54. The van der Waals surface area contributed by atoms with E-state index in [9.17, 15) is 13.6 Å². The minimum atomic E-state index is -0.877. The van der Waals surface area contributed by atoms with Gasteiger partial charge in [-0.15, -0.1) is 5.10 Å². The number of anilines is 1. The second-order valence-electron chi connectivity index (χ2n) is 5.61. The summed E-state index contributed by atoms with van der Waals surface area (Å²) in [5.41, 5.74) is 0.721. The number of amides is 1. The molecule has 5 nitrogen and oxygen atoms in total. The van der Waals surface area contributed by atoms with Gasteiger partial charge in [0.2, 0.25) is 0 Å². The summed E-state index contributed by atoms with van der Waals surface area (Å²) in [4.78, 5) is 12.5. The second-order valence-corrected chi connectivity index (χ2v) is 6.05. The maximum atomic E-state index is 13.8. The average Bonchev–Trinajstić information content (AvgIpc) is 2.93. The number of aryl methyl sites for hydroxylation is 2. The smallest absolute Gasteiger partial charge is 0.262 e. The Morgan fingerprint density at radius 2 is 2.00 bits per heavy atom. The Labute approximate surface area is 153 Å². The quantitative estimate of drug-likeness (QED) is 0.716. The van der Waals surface area contributed by atoms with Crippen LogP contribution in [0.15, 0.2) is 42.6 Å². The monoisotopic (exact) mass is 377 g/mol. The Kier molecular flexibility index (Phi) is 4.90. The third-order valence-electron chi connectivity index (χ3n) is 3.56. The lowest BCUT2D eigenvalue weighted by molar-refractivity contribution is 0.102. The van der Waals surface area contributed by atoms with Crippen molar-refractivity contribution in [2.24, 2.45) is 7.05 Å². The number of carbonyl (C=O) groups excluding carboxylic acids is 1. The van der Waals surface area contributed by atoms with Crippen molar-refractivity contribution < 1.29 is 18.3 Å². The second kappa shape index (κ2) is 7.13. The molecule has 134 valence electrons. The fourth-order valence-electron chi connectivity index (χ4n) is 2.31. The van der Waals surface area contributed by atoms with Crippen LogP contribution in [0.3, 0.4) is 0 Å². The molecule has 1 heterocycles. The van der Waals surface area contributed by atoms with Gasteiger partial charge in [-0.3, -0.25) is 9.48 Å². The van der Waals surface area contributed by atoms with Crippen LogP contribution in [0.2, 0.25) is 5.02 Å². The summed E-state index contributed by atoms with van der Waals surface area (Å²) in [7, 11) is 1.62. The van der Waals surface area contributed by atoms with Crippen molar-refractivity contribution in [3.8, 4) is 11.6 Å². The number of rotatable bonds is 4. The van der Waals surface area contributed by atoms with Crippen molar-refractivity contribution in [3.63, 3.8) is 0 Å². The summed E-state index contributed by atoms with van der Waals surface area (Å²) in [6.45, 7) is 1.80. The van der Waals surface area contributed by atoms with Crippen molar-refractivity contribution in [2.45, 2.75) is 6.92 Å². The first-order valence-electron chi connectivity index (χ1n) is 7.57. The summed E-state index contributed by atoms with van der Waals surface area (Å²) >= 11 is 5.92. The van der Waals surface area contributed by atoms with Crippen LogP contribution >= 0.6 is 11.6 Å². The number of hydrogen-bond donors (Lipinski definition) is 1. The highest BCUT2D eigenvalue weighted by Gasteiger charge is 2.20. The van der Waals surface area contributed by atoms with Gasteiger partial charge in [-0.25, -0.2) is 8.78 Å². The molecule has 0 aliphatic heterocycles. The molecule has 0 saturated carbocycles. The van der Waals surface area contributed by atoms with Gasteiger partial charge < -0.3 is 10.1 Å². The molecule has 0 saturated heterocycles. The van der Waals surface area contributed by atoms with E-state index in [1.807, 2.05) is 0 Å². The predicted octanol–water partition coefficient (Wildman–Crippen LogP) is 4.70. The molecule has 1 amide bonds. The van der Waals surface area contributed by atoms with E-state index < -0.39 is 17.5 Å². The van der Waals surface area contributed by atoms with E-state index in [2.05, 4.69) is 10.4 Å². The number of hydrogen-bond acceptors (Lipinski definition) is 3. The summed E-state index contributed by atoms with van der Waals surface area (Å²) < 4.78 is 33.9. The zero-order chi connectivity index (χ0) is 18.8. The van der Waals surface area contributed by atoms with Gasteiger partial charge in [0, 0.05) is 24.3 Å². The van der Waals surface area contributed by atoms with Gasteiger partial charge in [-0.05, 0) is 42.8 Å². The van der Waals surface area contributed by atoms with Crippen LogP contribution < -0.4 is 10.1 Å². The SMILES string of the molecule is Cc1cc(Cl)ccc1Oc1nn(C)cc1C(=O)Nc1ccc(F)cc1F. The first-order valence-corrected chi connectivity index (χ1v) is 7.95. The third kappa shape index (κ3) is 3.83. The Balaban J connectivity index is 1.87. The molecule has 1 aromatic heterocycles. The maximum Gasteiger partial charge on any atom is 0.262 e. The van der Waals surface area contributed by atoms with Crippen LogP contribution in [0.25, 0.3) is 0 Å². The lowest BCUT2D eigenvalue weighted by Crippen LogP contribution is -2.13. The highest BCUT2D eigenvalue weighted by Crippen LogP contribution is 2.29. The van der Waals surface area contributed by atoms with Gasteiger partial charge in [-0.1, -0.05) is 11.6 Å². The van der Waals surface area contributed by atoms with Crippen molar-refractivity contribution in [2.75, 3.05) is 5.32 Å². The van der Waals surface area contributed by atoms with Crippen LogP contribution in [0.4, 0.5) is 14.5 Å². The zero-order valence-corrected chi connectivity index (χ0v) is 14.6. The number of carbonyl (C=O) groups is 1. The minimum absolute atomic E-state index is 0.0537. The molecule has 26 heavy (non-hydrogen) atoms. The lowest BCUT2D eigenvalue weighted by atomic mass is 10.2. The van der Waals surface area contributed by atoms with Gasteiger partial charge in [-0.2, -0.15) is 0 Å². The predicted molar refractivity (Wildman–Crippen MR) is 93.8 cm³/mol. The largest absolute Gasteiger partial charge is 0.437 e. The Morgan fingerprint density at radius 3 is 2.69 bits per heavy atom. The summed E-state index contributed by atoms with van der Waals surface area (Å²) in [6.07, 6.45) is 1.44. The van der Waals surface area contributed by atoms with Gasteiger partial charge in [0.05, 0.1) is 5.69 Å². The van der Waals surface area contributed by atoms with Crippen molar-refractivity contribution in [1.82, 2.24) is 9.78 Å². The molecule has 0 bridgehead atoms. The van der Waals surface area contributed by atoms with E-state index in [0.29, 0.717) is 16.8 Å². The van der Waals surface area contributed by atoms with Gasteiger partial charge in [0.25, 0.3) is 11.8 Å².